The van der Waals surface area contributed by atoms with E-state index in [9.17, 15) is 0 Å². The summed E-state index contributed by atoms with van der Waals surface area (Å²) in [6, 6.07) is 1.78. The number of aromatic nitrogens is 1. The average Bonchev–Trinajstić information content (AvgIpc) is 2.48. The Balaban J connectivity index is 2.84. The smallest absolute Gasteiger partial charge is 0.142 e. The van der Waals surface area contributed by atoms with Crippen molar-refractivity contribution < 1.29 is 4.42 Å². The Morgan fingerprint density at radius 2 is 2.42 bits per heavy atom. The minimum atomic E-state index is 0.600. The fourth-order valence-corrected chi connectivity index (χ4v) is 1.34. The second-order valence-corrected chi connectivity index (χ2v) is 2.66. The van der Waals surface area contributed by atoms with Gasteiger partial charge in [0.1, 0.15) is 17.7 Å². The van der Waals surface area contributed by atoms with Crippen molar-refractivity contribution in [1.29, 1.82) is 0 Å². The van der Waals surface area contributed by atoms with Gasteiger partial charge in [-0.2, -0.15) is 0 Å². The number of fused-ring (bicyclic) bond motifs is 1. The molecule has 3 N–H and O–H groups in total. The molecule has 0 aliphatic heterocycles. The topological polar surface area (TPSA) is 64.1 Å². The van der Waals surface area contributed by atoms with Crippen LogP contribution in [-0.2, 0) is 0 Å². The molecule has 2 aromatic heterocycles. The molecule has 5 heteroatoms. The van der Waals surface area contributed by atoms with E-state index in [1.165, 1.54) is 6.26 Å². The molecule has 0 radical (unpaired) electrons. The molecular formula is C7H8N3OP. The first-order valence-electron chi connectivity index (χ1n) is 3.41. The standard InChI is InChI=1S/C7H8N3OP/c8-4-3-11-5-1-2-9-7(10-12)6(4)5/h1-3H,8,12H2,(H,9,10). The fourth-order valence-electron chi connectivity index (χ4n) is 1.12. The number of nitrogens with one attached hydrogen (secondary N) is 1. The number of nitrogen functional groups attached to an aromatic ring is 1. The van der Waals surface area contributed by atoms with Crippen molar-refractivity contribution >= 4 is 31.9 Å². The summed E-state index contributed by atoms with van der Waals surface area (Å²) in [4.78, 5) is 4.09. The van der Waals surface area contributed by atoms with Crippen LogP contribution >= 0.6 is 9.39 Å². The van der Waals surface area contributed by atoms with Crippen LogP contribution in [0.5, 0.6) is 0 Å². The number of pyridine rings is 1. The molecule has 0 aromatic carbocycles. The Labute approximate surface area is 71.4 Å². The van der Waals surface area contributed by atoms with E-state index in [1.54, 1.807) is 12.3 Å². The van der Waals surface area contributed by atoms with Gasteiger partial charge >= 0.3 is 0 Å². The lowest BCUT2D eigenvalue weighted by molar-refractivity contribution is 0.617. The SMILES string of the molecule is Nc1coc2ccnc(NP)c12. The Hall–Kier alpha value is -1.28. The molecule has 0 spiro atoms. The van der Waals surface area contributed by atoms with Crippen molar-refractivity contribution in [3.05, 3.63) is 18.5 Å². The number of furan rings is 1. The van der Waals surface area contributed by atoms with Crippen LogP contribution in [-0.4, -0.2) is 4.98 Å². The zero-order chi connectivity index (χ0) is 8.55. The van der Waals surface area contributed by atoms with E-state index in [-0.39, 0.29) is 0 Å². The molecular weight excluding hydrogens is 173 g/mol. The maximum atomic E-state index is 5.67. The van der Waals surface area contributed by atoms with Gasteiger partial charge in [-0.05, 0) is 15.5 Å². The summed E-state index contributed by atoms with van der Waals surface area (Å²) in [5, 5.41) is 3.69. The first kappa shape index (κ1) is 7.37. The molecule has 0 amide bonds. The minimum absolute atomic E-state index is 0.600. The van der Waals surface area contributed by atoms with E-state index < -0.39 is 0 Å². The van der Waals surface area contributed by atoms with Crippen LogP contribution in [0.2, 0.25) is 0 Å². The highest BCUT2D eigenvalue weighted by atomic mass is 31.0. The molecule has 1 atom stereocenters. The number of nitrogens with two attached hydrogens (primary N) is 1. The Morgan fingerprint density at radius 1 is 1.58 bits per heavy atom. The third-order valence-corrected chi connectivity index (χ3v) is 1.92. The summed E-state index contributed by atoms with van der Waals surface area (Å²) >= 11 is 0. The summed E-state index contributed by atoms with van der Waals surface area (Å²) < 4.78 is 5.18. The lowest BCUT2D eigenvalue weighted by Gasteiger charge is -1.98. The van der Waals surface area contributed by atoms with Crippen LogP contribution in [0.25, 0.3) is 11.0 Å². The highest BCUT2D eigenvalue weighted by Crippen LogP contribution is 2.28. The van der Waals surface area contributed by atoms with Gasteiger partial charge < -0.3 is 15.2 Å². The van der Waals surface area contributed by atoms with Crippen molar-refractivity contribution in [1.82, 2.24) is 4.98 Å². The monoisotopic (exact) mass is 181 g/mol. The molecule has 2 rings (SSSR count). The summed E-state index contributed by atoms with van der Waals surface area (Å²) in [6.07, 6.45) is 3.18. The van der Waals surface area contributed by atoms with Crippen LogP contribution in [0.3, 0.4) is 0 Å². The molecule has 12 heavy (non-hydrogen) atoms. The van der Waals surface area contributed by atoms with Crippen LogP contribution in [0.15, 0.2) is 22.9 Å². The largest absolute Gasteiger partial charge is 0.462 e. The summed E-state index contributed by atoms with van der Waals surface area (Å²) in [7, 11) is 2.37. The average molecular weight is 181 g/mol. The van der Waals surface area contributed by atoms with Crippen molar-refractivity contribution in [2.24, 2.45) is 0 Å². The fraction of sp³-hybridized carbons (Fsp3) is 0. The van der Waals surface area contributed by atoms with E-state index >= 15 is 0 Å². The second kappa shape index (κ2) is 2.64. The molecule has 0 saturated carbocycles. The summed E-state index contributed by atoms with van der Waals surface area (Å²) in [6.45, 7) is 0. The molecule has 4 nitrogen and oxygen atoms in total. The van der Waals surface area contributed by atoms with Gasteiger partial charge in [0.05, 0.1) is 11.1 Å². The van der Waals surface area contributed by atoms with Crippen molar-refractivity contribution in [2.45, 2.75) is 0 Å². The maximum Gasteiger partial charge on any atom is 0.142 e. The lowest BCUT2D eigenvalue weighted by atomic mass is 10.3. The maximum absolute atomic E-state index is 5.67. The van der Waals surface area contributed by atoms with Crippen LogP contribution in [0.1, 0.15) is 0 Å². The lowest BCUT2D eigenvalue weighted by Crippen LogP contribution is -1.88. The number of nitrogens with zero attached hydrogens (tertiary/aromatic N) is 1. The Kier molecular flexibility index (Phi) is 1.62. The van der Waals surface area contributed by atoms with Crippen LogP contribution < -0.4 is 10.8 Å². The summed E-state index contributed by atoms with van der Waals surface area (Å²) in [5.74, 6) is 0.712. The number of anilines is 2. The molecule has 0 fully saturated rings. The molecule has 0 bridgehead atoms. The van der Waals surface area contributed by atoms with Gasteiger partial charge in [-0.3, -0.25) is 0 Å². The van der Waals surface area contributed by atoms with Crippen LogP contribution in [0, 0.1) is 0 Å². The second-order valence-electron chi connectivity index (χ2n) is 2.37. The first-order valence-corrected chi connectivity index (χ1v) is 3.99. The van der Waals surface area contributed by atoms with Crippen molar-refractivity contribution in [3.8, 4) is 0 Å². The van der Waals surface area contributed by atoms with Gasteiger partial charge in [0.25, 0.3) is 0 Å². The van der Waals surface area contributed by atoms with E-state index in [0.29, 0.717) is 11.5 Å². The molecule has 62 valence electrons. The molecule has 1 unspecified atom stereocenters. The third kappa shape index (κ3) is 0.924. The zero-order valence-corrected chi connectivity index (χ0v) is 7.40. The van der Waals surface area contributed by atoms with Gasteiger partial charge in [0.2, 0.25) is 0 Å². The van der Waals surface area contributed by atoms with E-state index in [1.807, 2.05) is 0 Å². The molecule has 0 aliphatic rings. The van der Waals surface area contributed by atoms with Crippen LogP contribution in [0.4, 0.5) is 11.5 Å². The van der Waals surface area contributed by atoms with E-state index in [4.69, 9.17) is 10.2 Å². The van der Waals surface area contributed by atoms with Crippen molar-refractivity contribution in [2.75, 3.05) is 10.8 Å². The first-order chi connectivity index (χ1) is 5.83. The van der Waals surface area contributed by atoms with Gasteiger partial charge in [0, 0.05) is 6.20 Å². The predicted molar refractivity (Wildman–Crippen MR) is 51.8 cm³/mol. The van der Waals surface area contributed by atoms with Gasteiger partial charge in [-0.15, -0.1) is 0 Å². The zero-order valence-electron chi connectivity index (χ0n) is 6.24. The van der Waals surface area contributed by atoms with Gasteiger partial charge in [-0.1, -0.05) is 0 Å². The number of hydrogen-bond donors (Lipinski definition) is 2. The Bertz CT molecular complexity index is 412. The third-order valence-electron chi connectivity index (χ3n) is 1.65. The Morgan fingerprint density at radius 3 is 3.17 bits per heavy atom. The minimum Gasteiger partial charge on any atom is -0.462 e. The molecule has 2 aromatic rings. The predicted octanol–water partition coefficient (Wildman–Crippen LogP) is 1.61. The van der Waals surface area contributed by atoms with E-state index in [2.05, 4.69) is 19.5 Å². The van der Waals surface area contributed by atoms with Gasteiger partial charge in [-0.25, -0.2) is 4.98 Å². The highest BCUT2D eigenvalue weighted by molar-refractivity contribution is 7.18. The van der Waals surface area contributed by atoms with Gasteiger partial charge in [0.15, 0.2) is 0 Å². The highest BCUT2D eigenvalue weighted by Gasteiger charge is 2.06. The molecule has 2 heterocycles. The molecule has 0 saturated heterocycles. The molecule has 0 aliphatic carbocycles. The normalized spacial score (nSPS) is 10.4. The quantitative estimate of drug-likeness (QED) is 0.656. The number of rotatable bonds is 1. The number of hydrogen-bond acceptors (Lipinski definition) is 4. The van der Waals surface area contributed by atoms with Crippen molar-refractivity contribution in [3.63, 3.8) is 0 Å². The summed E-state index contributed by atoms with van der Waals surface area (Å²) in [5.41, 5.74) is 7.01. The van der Waals surface area contributed by atoms with E-state index in [0.717, 1.165) is 11.0 Å².